The zero-order valence-electron chi connectivity index (χ0n) is 16.7. The molecule has 1 heterocycles. The van der Waals surface area contributed by atoms with Crippen LogP contribution in [0.3, 0.4) is 0 Å². The van der Waals surface area contributed by atoms with Gasteiger partial charge in [0.15, 0.2) is 6.10 Å². The molecule has 0 radical (unpaired) electrons. The molecule has 1 unspecified atom stereocenters. The lowest BCUT2D eigenvalue weighted by molar-refractivity contribution is -0.128. The molecule has 1 amide bonds. The van der Waals surface area contributed by atoms with E-state index >= 15 is 0 Å². The molecule has 0 saturated carbocycles. The number of amides is 1. The zero-order valence-corrected chi connectivity index (χ0v) is 16.7. The van der Waals surface area contributed by atoms with Crippen LogP contribution in [0.25, 0.3) is 0 Å². The van der Waals surface area contributed by atoms with Gasteiger partial charge >= 0.3 is 0 Å². The van der Waals surface area contributed by atoms with Gasteiger partial charge in [0.1, 0.15) is 5.75 Å². The van der Waals surface area contributed by atoms with Crippen molar-refractivity contribution in [1.29, 1.82) is 0 Å². The van der Waals surface area contributed by atoms with Crippen molar-refractivity contribution in [1.82, 2.24) is 10.2 Å². The topological polar surface area (TPSA) is 50.8 Å². The molecule has 0 aliphatic carbocycles. The maximum Gasteiger partial charge on any atom is 0.261 e. The van der Waals surface area contributed by atoms with E-state index in [1.165, 1.54) is 5.56 Å². The minimum Gasteiger partial charge on any atom is -0.481 e. The second-order valence-corrected chi connectivity index (χ2v) is 7.89. The van der Waals surface area contributed by atoms with E-state index in [0.717, 1.165) is 45.0 Å². The standard InChI is InChI=1S/C21H34N2O3/c1-5-19(26-18-9-7-17(8-10-18)21(2,3)4)20(24)22-11-6-12-23-13-15-25-16-14-23/h7-10,19H,5-6,11-16H2,1-4H3,(H,22,24). The lowest BCUT2D eigenvalue weighted by atomic mass is 9.87. The Bertz CT molecular complexity index is 545. The Labute approximate surface area is 158 Å². The molecule has 1 atom stereocenters. The quantitative estimate of drug-likeness (QED) is 0.723. The molecule has 1 N–H and O–H groups in total. The summed E-state index contributed by atoms with van der Waals surface area (Å²) in [7, 11) is 0. The predicted octanol–water partition coefficient (Wildman–Crippen LogP) is 2.98. The summed E-state index contributed by atoms with van der Waals surface area (Å²) in [6.07, 6.45) is 1.15. The molecule has 2 rings (SSSR count). The second kappa shape index (κ2) is 9.93. The highest BCUT2D eigenvalue weighted by Gasteiger charge is 2.19. The molecule has 26 heavy (non-hydrogen) atoms. The molecule has 1 aromatic carbocycles. The van der Waals surface area contributed by atoms with Crippen LogP contribution in [0.2, 0.25) is 0 Å². The van der Waals surface area contributed by atoms with Gasteiger partial charge in [-0.25, -0.2) is 0 Å². The van der Waals surface area contributed by atoms with Crippen molar-refractivity contribution in [2.45, 2.75) is 52.1 Å². The molecule has 1 aromatic rings. The maximum atomic E-state index is 12.4. The van der Waals surface area contributed by atoms with Gasteiger partial charge in [0, 0.05) is 19.6 Å². The Kier molecular flexibility index (Phi) is 7.91. The number of ether oxygens (including phenoxy) is 2. The molecule has 0 bridgehead atoms. The molecule has 146 valence electrons. The van der Waals surface area contributed by atoms with Crippen molar-refractivity contribution < 1.29 is 14.3 Å². The average molecular weight is 363 g/mol. The molecule has 1 fully saturated rings. The Morgan fingerprint density at radius 2 is 1.88 bits per heavy atom. The molecule has 1 aliphatic rings. The van der Waals surface area contributed by atoms with Crippen LogP contribution in [0.5, 0.6) is 5.75 Å². The largest absolute Gasteiger partial charge is 0.481 e. The monoisotopic (exact) mass is 362 g/mol. The minimum absolute atomic E-state index is 0.0330. The maximum absolute atomic E-state index is 12.4. The molecule has 0 spiro atoms. The number of benzene rings is 1. The summed E-state index contributed by atoms with van der Waals surface area (Å²) in [5.41, 5.74) is 1.37. The number of carbonyl (C=O) groups excluding carboxylic acids is 1. The van der Waals surface area contributed by atoms with Gasteiger partial charge in [-0.2, -0.15) is 0 Å². The first kappa shape index (κ1) is 20.7. The molecular weight excluding hydrogens is 328 g/mol. The van der Waals surface area contributed by atoms with Crippen LogP contribution in [0.15, 0.2) is 24.3 Å². The van der Waals surface area contributed by atoms with Gasteiger partial charge in [0.25, 0.3) is 5.91 Å². The Hall–Kier alpha value is -1.59. The number of rotatable bonds is 8. The average Bonchev–Trinajstić information content (AvgIpc) is 2.63. The van der Waals surface area contributed by atoms with E-state index in [9.17, 15) is 4.79 Å². The number of carbonyl (C=O) groups is 1. The number of nitrogens with zero attached hydrogens (tertiary/aromatic N) is 1. The normalized spacial score (nSPS) is 16.9. The van der Waals surface area contributed by atoms with E-state index in [-0.39, 0.29) is 11.3 Å². The second-order valence-electron chi connectivity index (χ2n) is 7.89. The molecule has 5 heteroatoms. The molecule has 5 nitrogen and oxygen atoms in total. The summed E-state index contributed by atoms with van der Waals surface area (Å²) in [6, 6.07) is 8.05. The first-order valence-electron chi connectivity index (χ1n) is 9.75. The van der Waals surface area contributed by atoms with Crippen LogP contribution < -0.4 is 10.1 Å². The summed E-state index contributed by atoms with van der Waals surface area (Å²) in [5, 5.41) is 3.01. The van der Waals surface area contributed by atoms with Crippen LogP contribution in [0.4, 0.5) is 0 Å². The van der Waals surface area contributed by atoms with Crippen molar-refractivity contribution in [3.05, 3.63) is 29.8 Å². The smallest absolute Gasteiger partial charge is 0.261 e. The Morgan fingerprint density at radius 1 is 1.23 bits per heavy atom. The third kappa shape index (κ3) is 6.61. The molecule has 0 aromatic heterocycles. The Balaban J connectivity index is 1.75. The van der Waals surface area contributed by atoms with E-state index in [0.29, 0.717) is 13.0 Å². The van der Waals surface area contributed by atoms with E-state index in [4.69, 9.17) is 9.47 Å². The molecular formula is C21H34N2O3. The fourth-order valence-corrected chi connectivity index (χ4v) is 2.97. The van der Waals surface area contributed by atoms with Crippen LogP contribution in [0, 0.1) is 0 Å². The van der Waals surface area contributed by atoms with Crippen molar-refractivity contribution in [2.75, 3.05) is 39.4 Å². The van der Waals surface area contributed by atoms with Crippen molar-refractivity contribution in [3.8, 4) is 5.75 Å². The number of hydrogen-bond donors (Lipinski definition) is 1. The van der Waals surface area contributed by atoms with Gasteiger partial charge in [0.05, 0.1) is 13.2 Å². The van der Waals surface area contributed by atoms with Gasteiger partial charge < -0.3 is 14.8 Å². The highest BCUT2D eigenvalue weighted by Crippen LogP contribution is 2.24. The highest BCUT2D eigenvalue weighted by molar-refractivity contribution is 5.81. The van der Waals surface area contributed by atoms with Crippen molar-refractivity contribution >= 4 is 5.91 Å². The van der Waals surface area contributed by atoms with Crippen LogP contribution in [0.1, 0.15) is 46.1 Å². The number of nitrogens with one attached hydrogen (secondary N) is 1. The zero-order chi connectivity index (χ0) is 19.0. The lowest BCUT2D eigenvalue weighted by Gasteiger charge is -2.26. The van der Waals surface area contributed by atoms with Gasteiger partial charge in [-0.05, 0) is 42.5 Å². The first-order chi connectivity index (χ1) is 12.4. The van der Waals surface area contributed by atoms with Gasteiger partial charge in [-0.15, -0.1) is 0 Å². The summed E-state index contributed by atoms with van der Waals surface area (Å²) in [6.45, 7) is 13.8. The molecule has 1 aliphatic heterocycles. The van der Waals surface area contributed by atoms with Gasteiger partial charge in [-0.1, -0.05) is 39.8 Å². The van der Waals surface area contributed by atoms with Crippen LogP contribution >= 0.6 is 0 Å². The van der Waals surface area contributed by atoms with E-state index < -0.39 is 6.10 Å². The van der Waals surface area contributed by atoms with Crippen molar-refractivity contribution in [2.24, 2.45) is 0 Å². The van der Waals surface area contributed by atoms with Gasteiger partial charge in [0.2, 0.25) is 0 Å². The number of hydrogen-bond acceptors (Lipinski definition) is 4. The highest BCUT2D eigenvalue weighted by atomic mass is 16.5. The molecule has 1 saturated heterocycles. The Morgan fingerprint density at radius 3 is 2.46 bits per heavy atom. The van der Waals surface area contributed by atoms with E-state index in [1.54, 1.807) is 0 Å². The minimum atomic E-state index is -0.445. The lowest BCUT2D eigenvalue weighted by Crippen LogP contribution is -2.41. The predicted molar refractivity (Wildman–Crippen MR) is 105 cm³/mol. The third-order valence-corrected chi connectivity index (χ3v) is 4.72. The van der Waals surface area contributed by atoms with Crippen LogP contribution in [-0.4, -0.2) is 56.3 Å². The van der Waals surface area contributed by atoms with Crippen LogP contribution in [-0.2, 0) is 14.9 Å². The third-order valence-electron chi connectivity index (χ3n) is 4.72. The first-order valence-corrected chi connectivity index (χ1v) is 9.75. The fourth-order valence-electron chi connectivity index (χ4n) is 2.97. The van der Waals surface area contributed by atoms with E-state index in [2.05, 4.69) is 43.1 Å². The number of morpholine rings is 1. The summed E-state index contributed by atoms with van der Waals surface area (Å²) in [5.74, 6) is 0.711. The van der Waals surface area contributed by atoms with Gasteiger partial charge in [-0.3, -0.25) is 9.69 Å². The summed E-state index contributed by atoms with van der Waals surface area (Å²) >= 11 is 0. The fraction of sp³-hybridized carbons (Fsp3) is 0.667. The summed E-state index contributed by atoms with van der Waals surface area (Å²) in [4.78, 5) is 14.8. The van der Waals surface area contributed by atoms with Crippen molar-refractivity contribution in [3.63, 3.8) is 0 Å². The van der Waals surface area contributed by atoms with E-state index in [1.807, 2.05) is 19.1 Å². The summed E-state index contributed by atoms with van der Waals surface area (Å²) < 4.78 is 11.2. The SMILES string of the molecule is CCC(Oc1ccc(C(C)(C)C)cc1)C(=O)NCCCN1CCOCC1.